The first-order valence-electron chi connectivity index (χ1n) is 20.0. The number of aryl methyl sites for hydroxylation is 2. The van der Waals surface area contributed by atoms with Crippen LogP contribution in [0.1, 0.15) is 64.1 Å². The highest BCUT2D eigenvalue weighted by atomic mass is 32.2. The first-order valence-corrected chi connectivity index (χ1v) is 22.8. The SMILES string of the molecule is CCOC(=O)c1ccc(N(CCCN(CCCN(c2ccc(C(=O)OCC)cc2)S(=O)(=O)c2ccc(C)cc2)CCc2ccc(O)cc2)S(=O)(=O)c2ccc(C)cc2)cc1. The molecule has 12 nitrogen and oxygen atoms in total. The summed E-state index contributed by atoms with van der Waals surface area (Å²) in [5, 5.41) is 9.85. The van der Waals surface area contributed by atoms with Gasteiger partial charge in [-0.3, -0.25) is 8.61 Å². The van der Waals surface area contributed by atoms with Crippen LogP contribution in [0.4, 0.5) is 11.4 Å². The smallest absolute Gasteiger partial charge is 0.338 e. The number of hydrogen-bond donors (Lipinski definition) is 1. The zero-order valence-electron chi connectivity index (χ0n) is 34.5. The lowest BCUT2D eigenvalue weighted by Crippen LogP contribution is -2.37. The van der Waals surface area contributed by atoms with Gasteiger partial charge in [0.1, 0.15) is 5.75 Å². The van der Waals surface area contributed by atoms with E-state index in [1.165, 1.54) is 8.61 Å². The lowest BCUT2D eigenvalue weighted by Gasteiger charge is -2.29. The molecular formula is C46H53N3O9S2. The van der Waals surface area contributed by atoms with Crippen LogP contribution in [-0.2, 0) is 35.9 Å². The second kappa shape index (κ2) is 21.0. The van der Waals surface area contributed by atoms with Gasteiger partial charge in [0.05, 0.1) is 45.5 Å². The highest BCUT2D eigenvalue weighted by molar-refractivity contribution is 7.93. The first kappa shape index (κ1) is 45.4. The minimum Gasteiger partial charge on any atom is -0.508 e. The largest absolute Gasteiger partial charge is 0.508 e. The fourth-order valence-electron chi connectivity index (χ4n) is 6.57. The Morgan fingerprint density at radius 3 is 1.27 bits per heavy atom. The zero-order chi connectivity index (χ0) is 43.3. The maximum absolute atomic E-state index is 14.2. The average molecular weight is 856 g/mol. The Kier molecular flexibility index (Phi) is 15.9. The van der Waals surface area contributed by atoms with Gasteiger partial charge in [-0.25, -0.2) is 26.4 Å². The van der Waals surface area contributed by atoms with Crippen LogP contribution < -0.4 is 8.61 Å². The van der Waals surface area contributed by atoms with Crippen LogP contribution >= 0.6 is 0 Å². The molecular weight excluding hydrogens is 803 g/mol. The Morgan fingerprint density at radius 2 is 0.900 bits per heavy atom. The molecule has 0 aliphatic rings. The average Bonchev–Trinajstić information content (AvgIpc) is 3.24. The van der Waals surface area contributed by atoms with Crippen LogP contribution in [0.3, 0.4) is 0 Å². The molecule has 0 heterocycles. The molecule has 0 saturated carbocycles. The highest BCUT2D eigenvalue weighted by Crippen LogP contribution is 2.27. The van der Waals surface area contributed by atoms with Crippen molar-refractivity contribution < 1.29 is 41.0 Å². The van der Waals surface area contributed by atoms with E-state index in [1.807, 2.05) is 26.0 Å². The number of aromatic hydroxyl groups is 1. The van der Waals surface area contributed by atoms with E-state index in [2.05, 4.69) is 4.90 Å². The molecule has 0 saturated heterocycles. The number of phenols is 1. The quantitative estimate of drug-likeness (QED) is 0.0725. The van der Waals surface area contributed by atoms with Crippen molar-refractivity contribution in [3.63, 3.8) is 0 Å². The summed E-state index contributed by atoms with van der Waals surface area (Å²) in [6.07, 6.45) is 1.46. The Bertz CT molecular complexity index is 2240. The standard InChI is InChI=1S/C46H53N3O9S2/c1-5-57-45(51)38-15-19-40(20-16-38)48(59(53,54)43-25-9-35(3)10-26-43)32-7-30-47(34-29-37-13-23-42(50)24-14-37)31-8-33-49(60(55,56)44-27-11-36(4)12-28-44)41-21-17-39(18-22-41)46(52)58-6-2/h9-28,50H,5-8,29-34H2,1-4H3. The van der Waals surface area contributed by atoms with Gasteiger partial charge in [-0.05, 0) is 151 Å². The van der Waals surface area contributed by atoms with E-state index >= 15 is 0 Å². The number of anilines is 2. The van der Waals surface area contributed by atoms with E-state index < -0.39 is 32.0 Å². The van der Waals surface area contributed by atoms with Crippen LogP contribution in [0.2, 0.25) is 0 Å². The molecule has 0 aromatic heterocycles. The van der Waals surface area contributed by atoms with Crippen LogP contribution in [0, 0.1) is 13.8 Å². The predicted molar refractivity (Wildman–Crippen MR) is 234 cm³/mol. The summed E-state index contributed by atoms with van der Waals surface area (Å²) in [5.74, 6) is -0.841. The Balaban J connectivity index is 1.39. The van der Waals surface area contributed by atoms with E-state index in [-0.39, 0.29) is 41.8 Å². The van der Waals surface area contributed by atoms with Gasteiger partial charge >= 0.3 is 11.9 Å². The summed E-state index contributed by atoms with van der Waals surface area (Å²) >= 11 is 0. The van der Waals surface area contributed by atoms with Gasteiger partial charge in [-0.2, -0.15) is 0 Å². The summed E-state index contributed by atoms with van der Waals surface area (Å²) < 4.78 is 69.7. The molecule has 0 radical (unpaired) electrons. The molecule has 0 bridgehead atoms. The molecule has 14 heteroatoms. The van der Waals surface area contributed by atoms with Gasteiger partial charge in [0, 0.05) is 19.6 Å². The number of esters is 2. The Labute approximate surface area is 354 Å². The molecule has 0 spiro atoms. The molecule has 0 aliphatic heterocycles. The predicted octanol–water partition coefficient (Wildman–Crippen LogP) is 7.78. The maximum Gasteiger partial charge on any atom is 0.338 e. The van der Waals surface area contributed by atoms with Gasteiger partial charge < -0.3 is 19.5 Å². The molecule has 5 rings (SSSR count). The van der Waals surface area contributed by atoms with Gasteiger partial charge in [-0.15, -0.1) is 0 Å². The van der Waals surface area contributed by atoms with Crippen molar-refractivity contribution in [2.75, 3.05) is 54.5 Å². The second-order valence-electron chi connectivity index (χ2n) is 14.3. The minimum absolute atomic E-state index is 0.116. The number of sulfonamides is 2. The van der Waals surface area contributed by atoms with E-state index in [4.69, 9.17) is 9.47 Å². The van der Waals surface area contributed by atoms with Crippen LogP contribution in [-0.4, -0.2) is 84.7 Å². The van der Waals surface area contributed by atoms with E-state index in [9.17, 15) is 31.5 Å². The fraction of sp³-hybridized carbons (Fsp3) is 0.304. The van der Waals surface area contributed by atoms with Crippen molar-refractivity contribution in [1.82, 2.24) is 4.90 Å². The molecule has 60 heavy (non-hydrogen) atoms. The first-order chi connectivity index (χ1) is 28.7. The minimum atomic E-state index is -4.02. The number of nitrogens with zero attached hydrogens (tertiary/aromatic N) is 3. The number of rotatable bonds is 21. The molecule has 0 amide bonds. The summed E-state index contributed by atoms with van der Waals surface area (Å²) in [5.41, 5.74) is 4.23. The molecule has 0 fully saturated rings. The number of phenolic OH excluding ortho intramolecular Hbond substituents is 1. The molecule has 0 atom stereocenters. The van der Waals surface area contributed by atoms with Crippen molar-refractivity contribution >= 4 is 43.4 Å². The zero-order valence-corrected chi connectivity index (χ0v) is 36.1. The Morgan fingerprint density at radius 1 is 0.517 bits per heavy atom. The van der Waals surface area contributed by atoms with E-state index in [0.717, 1.165) is 16.7 Å². The molecule has 5 aromatic rings. The number of hydrogen-bond acceptors (Lipinski definition) is 10. The normalized spacial score (nSPS) is 11.6. The van der Waals surface area contributed by atoms with E-state index in [1.54, 1.807) is 123 Å². The fourth-order valence-corrected chi connectivity index (χ4v) is 9.57. The molecule has 0 aliphatic carbocycles. The van der Waals surface area contributed by atoms with Crippen molar-refractivity contribution in [1.29, 1.82) is 0 Å². The number of carbonyl (C=O) groups is 2. The number of carbonyl (C=O) groups excluding carboxylic acids is 2. The summed E-state index contributed by atoms with van der Waals surface area (Å²) in [7, 11) is -8.03. The molecule has 1 N–H and O–H groups in total. The van der Waals surface area contributed by atoms with Gasteiger partial charge in [0.2, 0.25) is 0 Å². The lowest BCUT2D eigenvalue weighted by atomic mass is 10.1. The summed E-state index contributed by atoms with van der Waals surface area (Å²) in [4.78, 5) is 27.2. The third-order valence-electron chi connectivity index (χ3n) is 9.87. The Hall–Kier alpha value is -5.70. The second-order valence-corrected chi connectivity index (χ2v) is 18.0. The maximum atomic E-state index is 14.2. The number of benzene rings is 5. The van der Waals surface area contributed by atoms with Crippen LogP contribution in [0.15, 0.2) is 131 Å². The third kappa shape index (κ3) is 12.0. The lowest BCUT2D eigenvalue weighted by molar-refractivity contribution is 0.0517. The molecule has 318 valence electrons. The van der Waals surface area contributed by atoms with Crippen LogP contribution in [0.5, 0.6) is 5.75 Å². The summed E-state index contributed by atoms with van der Waals surface area (Å²) in [6, 6.07) is 32.9. The number of ether oxygens (including phenoxy) is 2. The van der Waals surface area contributed by atoms with E-state index in [0.29, 0.717) is 61.4 Å². The summed E-state index contributed by atoms with van der Waals surface area (Å²) in [6.45, 7) is 9.36. The van der Waals surface area contributed by atoms with Crippen molar-refractivity contribution in [3.05, 3.63) is 149 Å². The molecule has 5 aromatic carbocycles. The van der Waals surface area contributed by atoms with Gasteiger partial charge in [0.25, 0.3) is 20.0 Å². The molecule has 0 unspecified atom stereocenters. The van der Waals surface area contributed by atoms with Gasteiger partial charge in [-0.1, -0.05) is 47.5 Å². The van der Waals surface area contributed by atoms with Crippen molar-refractivity contribution in [3.8, 4) is 5.75 Å². The van der Waals surface area contributed by atoms with Gasteiger partial charge in [0.15, 0.2) is 0 Å². The van der Waals surface area contributed by atoms with Crippen molar-refractivity contribution in [2.24, 2.45) is 0 Å². The van der Waals surface area contributed by atoms with Crippen LogP contribution in [0.25, 0.3) is 0 Å². The highest BCUT2D eigenvalue weighted by Gasteiger charge is 2.27. The topological polar surface area (TPSA) is 151 Å². The third-order valence-corrected chi connectivity index (χ3v) is 13.6. The monoisotopic (exact) mass is 855 g/mol. The van der Waals surface area contributed by atoms with Crippen molar-refractivity contribution in [2.45, 2.75) is 56.7 Å².